The molecule has 0 bridgehead atoms. The number of thiophene rings is 1. The van der Waals surface area contributed by atoms with Crippen LogP contribution in [-0.2, 0) is 9.59 Å². The molecule has 2 aromatic rings. The maximum atomic E-state index is 14.3. The van der Waals surface area contributed by atoms with E-state index >= 15 is 0 Å². The molecule has 0 unspecified atom stereocenters. The number of amides is 2. The highest BCUT2D eigenvalue weighted by atomic mass is 32.1. The Kier molecular flexibility index (Phi) is 5.46. The molecule has 0 fully saturated rings. The van der Waals surface area contributed by atoms with E-state index in [1.165, 1.54) is 27.3 Å². The van der Waals surface area contributed by atoms with E-state index in [2.05, 4.69) is 5.10 Å². The number of benzene rings is 1. The van der Waals surface area contributed by atoms with Gasteiger partial charge in [0.05, 0.1) is 16.6 Å². The molecule has 0 N–H and O–H groups in total. The lowest BCUT2D eigenvalue weighted by Gasteiger charge is -2.25. The van der Waals surface area contributed by atoms with Crippen LogP contribution in [0.1, 0.15) is 36.2 Å². The van der Waals surface area contributed by atoms with E-state index in [0.717, 1.165) is 10.6 Å². The number of rotatable bonds is 5. The van der Waals surface area contributed by atoms with Gasteiger partial charge >= 0.3 is 0 Å². The highest BCUT2D eigenvalue weighted by molar-refractivity contribution is 7.12. The number of likely N-dealkylation sites (N-methyl/N-ethyl adjacent to an activating group) is 1. The van der Waals surface area contributed by atoms with E-state index in [9.17, 15) is 14.0 Å². The van der Waals surface area contributed by atoms with Crippen LogP contribution in [0.25, 0.3) is 0 Å². The molecule has 7 heteroatoms. The summed E-state index contributed by atoms with van der Waals surface area (Å²) in [5.74, 6) is -0.813. The van der Waals surface area contributed by atoms with Crippen molar-refractivity contribution < 1.29 is 14.0 Å². The van der Waals surface area contributed by atoms with Crippen LogP contribution >= 0.6 is 11.3 Å². The fraction of sp³-hybridized carbons (Fsp3) is 0.316. The van der Waals surface area contributed by atoms with Gasteiger partial charge in [0.15, 0.2) is 0 Å². The van der Waals surface area contributed by atoms with Crippen LogP contribution in [0.5, 0.6) is 0 Å². The summed E-state index contributed by atoms with van der Waals surface area (Å²) in [4.78, 5) is 26.9. The third kappa shape index (κ3) is 3.67. The first-order valence-electron chi connectivity index (χ1n) is 8.43. The molecule has 1 aliphatic rings. The van der Waals surface area contributed by atoms with Crippen LogP contribution in [0, 0.1) is 5.82 Å². The molecule has 2 heterocycles. The maximum Gasteiger partial charge on any atom is 0.262 e. The Morgan fingerprint density at radius 1 is 1.31 bits per heavy atom. The molecule has 0 saturated carbocycles. The van der Waals surface area contributed by atoms with Crippen molar-refractivity contribution in [2.24, 2.45) is 5.10 Å². The van der Waals surface area contributed by atoms with Crippen molar-refractivity contribution in [1.29, 1.82) is 0 Å². The van der Waals surface area contributed by atoms with Crippen molar-refractivity contribution >= 4 is 28.9 Å². The summed E-state index contributed by atoms with van der Waals surface area (Å²) in [5.41, 5.74) is 1.19. The zero-order valence-corrected chi connectivity index (χ0v) is 15.5. The highest BCUT2D eigenvalue weighted by Crippen LogP contribution is 2.35. The number of nitrogens with zero attached hydrogens (tertiary/aromatic N) is 3. The van der Waals surface area contributed by atoms with E-state index < -0.39 is 6.04 Å². The molecule has 1 aliphatic heterocycles. The van der Waals surface area contributed by atoms with Crippen LogP contribution in [-0.4, -0.2) is 41.0 Å². The number of carbonyl (C=O) groups is 2. The molecular weight excluding hydrogens is 353 g/mol. The van der Waals surface area contributed by atoms with Crippen LogP contribution in [0.3, 0.4) is 0 Å². The smallest absolute Gasteiger partial charge is 0.262 e. The Labute approximate surface area is 155 Å². The predicted molar refractivity (Wildman–Crippen MR) is 99.4 cm³/mol. The molecule has 5 nitrogen and oxygen atoms in total. The van der Waals surface area contributed by atoms with E-state index in [4.69, 9.17) is 0 Å². The molecule has 0 aliphatic carbocycles. The van der Waals surface area contributed by atoms with E-state index in [1.807, 2.05) is 17.5 Å². The van der Waals surface area contributed by atoms with Gasteiger partial charge in [-0.25, -0.2) is 9.40 Å². The third-order valence-corrected chi connectivity index (χ3v) is 5.26. The molecule has 136 valence electrons. The van der Waals surface area contributed by atoms with Gasteiger partial charge < -0.3 is 4.90 Å². The lowest BCUT2D eigenvalue weighted by atomic mass is 10.0. The Morgan fingerprint density at radius 2 is 2.08 bits per heavy atom. The van der Waals surface area contributed by atoms with Gasteiger partial charge in [0.25, 0.3) is 5.91 Å². The zero-order chi connectivity index (χ0) is 18.7. The van der Waals surface area contributed by atoms with Crippen molar-refractivity contribution in [2.75, 3.05) is 13.6 Å². The molecule has 26 heavy (non-hydrogen) atoms. The number of carbonyl (C=O) groups excluding carboxylic acids is 2. The summed E-state index contributed by atoms with van der Waals surface area (Å²) in [6.07, 6.45) is 0.767. The molecule has 2 amide bonds. The van der Waals surface area contributed by atoms with Gasteiger partial charge in [0, 0.05) is 25.5 Å². The fourth-order valence-corrected chi connectivity index (χ4v) is 3.67. The molecular formula is C19H20FN3O2S. The topological polar surface area (TPSA) is 53.0 Å². The Balaban J connectivity index is 1.90. The minimum atomic E-state index is -0.508. The Morgan fingerprint density at radius 3 is 2.73 bits per heavy atom. The average Bonchev–Trinajstić information content (AvgIpc) is 3.30. The van der Waals surface area contributed by atoms with Gasteiger partial charge in [0.2, 0.25) is 5.91 Å². The van der Waals surface area contributed by atoms with E-state index in [1.54, 1.807) is 32.2 Å². The first kappa shape index (κ1) is 18.3. The monoisotopic (exact) mass is 373 g/mol. The maximum absolute atomic E-state index is 14.3. The first-order chi connectivity index (χ1) is 12.5. The lowest BCUT2D eigenvalue weighted by Crippen LogP contribution is -2.39. The van der Waals surface area contributed by atoms with Gasteiger partial charge in [-0.05, 0) is 17.5 Å². The lowest BCUT2D eigenvalue weighted by molar-refractivity contribution is -0.140. The van der Waals surface area contributed by atoms with Crippen LogP contribution in [0.2, 0.25) is 0 Å². The third-order valence-electron chi connectivity index (χ3n) is 4.34. The number of hydrazone groups is 1. The van der Waals surface area contributed by atoms with Crippen LogP contribution in [0.4, 0.5) is 4.39 Å². The zero-order valence-electron chi connectivity index (χ0n) is 14.7. The second-order valence-corrected chi connectivity index (χ2v) is 7.05. The second-order valence-electron chi connectivity index (χ2n) is 6.11. The quantitative estimate of drug-likeness (QED) is 0.806. The minimum Gasteiger partial charge on any atom is -0.336 e. The van der Waals surface area contributed by atoms with Crippen molar-refractivity contribution in [2.45, 2.75) is 25.8 Å². The Hall–Kier alpha value is -2.54. The standard InChI is InChI=1S/C19H20FN3O2S/c1-3-18(24)22(2)12-19(25)23-16(13-7-4-5-8-14(13)20)11-15(21-23)17-9-6-10-26-17/h4-10,16H,3,11-12H2,1-2H3/t16-/m1/s1. The second kappa shape index (κ2) is 7.78. The van der Waals surface area contributed by atoms with E-state index in [-0.39, 0.29) is 24.2 Å². The summed E-state index contributed by atoms with van der Waals surface area (Å²) in [7, 11) is 1.59. The van der Waals surface area contributed by atoms with Crippen molar-refractivity contribution in [3.05, 3.63) is 58.0 Å². The van der Waals surface area contributed by atoms with Gasteiger partial charge in [0.1, 0.15) is 12.4 Å². The summed E-state index contributed by atoms with van der Waals surface area (Å²) in [5, 5.41) is 7.74. The SMILES string of the molecule is CCC(=O)N(C)CC(=O)N1N=C(c2cccs2)C[C@@H]1c1ccccc1F. The molecule has 1 atom stereocenters. The molecule has 0 spiro atoms. The molecule has 1 aromatic carbocycles. The predicted octanol–water partition coefficient (Wildman–Crippen LogP) is 3.43. The largest absolute Gasteiger partial charge is 0.336 e. The van der Waals surface area contributed by atoms with Crippen molar-refractivity contribution in [1.82, 2.24) is 9.91 Å². The van der Waals surface area contributed by atoms with Gasteiger partial charge in [-0.1, -0.05) is 31.2 Å². The van der Waals surface area contributed by atoms with Crippen LogP contribution < -0.4 is 0 Å². The van der Waals surface area contributed by atoms with Crippen LogP contribution in [0.15, 0.2) is 46.9 Å². The Bertz CT molecular complexity index is 835. The minimum absolute atomic E-state index is 0.0845. The average molecular weight is 373 g/mol. The van der Waals surface area contributed by atoms with E-state index in [0.29, 0.717) is 18.4 Å². The fourth-order valence-electron chi connectivity index (χ4n) is 2.95. The number of halogens is 1. The molecule has 1 aromatic heterocycles. The molecule has 0 radical (unpaired) electrons. The summed E-state index contributed by atoms with van der Waals surface area (Å²) >= 11 is 1.53. The number of hydrogen-bond acceptors (Lipinski definition) is 4. The molecule has 3 rings (SSSR count). The van der Waals surface area contributed by atoms with Gasteiger partial charge in [-0.3, -0.25) is 9.59 Å². The highest BCUT2D eigenvalue weighted by Gasteiger charge is 2.35. The summed E-state index contributed by atoms with van der Waals surface area (Å²) < 4.78 is 14.3. The van der Waals surface area contributed by atoms with Crippen molar-refractivity contribution in [3.8, 4) is 0 Å². The number of hydrogen-bond donors (Lipinski definition) is 0. The first-order valence-corrected chi connectivity index (χ1v) is 9.31. The summed E-state index contributed by atoms with van der Waals surface area (Å²) in [6, 6.07) is 9.76. The van der Waals surface area contributed by atoms with Crippen molar-refractivity contribution in [3.63, 3.8) is 0 Å². The molecule has 0 saturated heterocycles. The normalized spacial score (nSPS) is 16.5. The van der Waals surface area contributed by atoms with Gasteiger partial charge in [-0.15, -0.1) is 11.3 Å². The van der Waals surface area contributed by atoms with Gasteiger partial charge in [-0.2, -0.15) is 5.10 Å². The summed E-state index contributed by atoms with van der Waals surface area (Å²) in [6.45, 7) is 1.66.